The number of piperazine rings is 1. The minimum absolute atomic E-state index is 0.185. The molecule has 0 radical (unpaired) electrons. The van der Waals surface area contributed by atoms with E-state index in [1.54, 1.807) is 49.4 Å². The molecule has 1 aromatic heterocycles. The predicted octanol–water partition coefficient (Wildman–Crippen LogP) is 1.46. The smallest absolute Gasteiger partial charge is 0.338 e. The fourth-order valence-corrected chi connectivity index (χ4v) is 5.40. The first-order valence-corrected chi connectivity index (χ1v) is 12.1. The Morgan fingerprint density at radius 1 is 1.12 bits per heavy atom. The van der Waals surface area contributed by atoms with E-state index in [1.165, 1.54) is 10.6 Å². The second-order valence-electron chi connectivity index (χ2n) is 7.65. The third-order valence-corrected chi connectivity index (χ3v) is 7.48. The first-order chi connectivity index (χ1) is 15.9. The maximum absolute atomic E-state index is 12.9. The number of hydrogen-bond acceptors (Lipinski definition) is 7. The maximum Gasteiger partial charge on any atom is 0.338 e. The number of amides is 2. The molecule has 0 aliphatic carbocycles. The van der Waals surface area contributed by atoms with Gasteiger partial charge in [-0.2, -0.15) is 4.31 Å². The largest absolute Gasteiger partial charge is 0.467 e. The van der Waals surface area contributed by atoms with Gasteiger partial charge in [0, 0.05) is 38.4 Å². The predicted molar refractivity (Wildman–Crippen MR) is 118 cm³/mol. The summed E-state index contributed by atoms with van der Waals surface area (Å²) >= 11 is 0. The van der Waals surface area contributed by atoms with Crippen LogP contribution in [0.15, 0.2) is 69.3 Å². The average Bonchev–Trinajstić information content (AvgIpc) is 3.35. The zero-order chi connectivity index (χ0) is 23.4. The van der Waals surface area contributed by atoms with Crippen LogP contribution in [0.4, 0.5) is 4.79 Å². The number of nitrogens with one attached hydrogen (secondary N) is 2. The van der Waals surface area contributed by atoms with Crippen molar-refractivity contribution < 1.29 is 27.2 Å². The van der Waals surface area contributed by atoms with Gasteiger partial charge in [-0.05, 0) is 31.2 Å². The van der Waals surface area contributed by atoms with E-state index in [0.717, 1.165) is 0 Å². The minimum atomic E-state index is -3.57. The highest BCUT2D eigenvalue weighted by atomic mass is 32.2. The summed E-state index contributed by atoms with van der Waals surface area (Å²) in [5.41, 5.74) is 0.684. The van der Waals surface area contributed by atoms with Gasteiger partial charge in [-0.3, -0.25) is 4.90 Å². The van der Waals surface area contributed by atoms with Crippen LogP contribution in [0.25, 0.3) is 0 Å². The summed E-state index contributed by atoms with van der Waals surface area (Å²) in [7, 11) is -3.57. The summed E-state index contributed by atoms with van der Waals surface area (Å²) in [6, 6.07) is 10.5. The van der Waals surface area contributed by atoms with Crippen molar-refractivity contribution in [2.24, 2.45) is 0 Å². The van der Waals surface area contributed by atoms with Crippen LogP contribution in [0.2, 0.25) is 0 Å². The summed E-state index contributed by atoms with van der Waals surface area (Å²) in [5.74, 6) is -0.129. The number of hydrogen-bond donors (Lipinski definition) is 2. The average molecular weight is 475 g/mol. The molecule has 2 aliphatic heterocycles. The van der Waals surface area contributed by atoms with Crippen LogP contribution < -0.4 is 10.6 Å². The molecule has 2 amide bonds. The van der Waals surface area contributed by atoms with E-state index in [9.17, 15) is 18.0 Å². The van der Waals surface area contributed by atoms with E-state index in [4.69, 9.17) is 9.15 Å². The molecule has 0 spiro atoms. The van der Waals surface area contributed by atoms with Gasteiger partial charge in [-0.1, -0.05) is 18.2 Å². The molecule has 1 fully saturated rings. The highest BCUT2D eigenvalue weighted by Crippen LogP contribution is 2.29. The van der Waals surface area contributed by atoms with Crippen molar-refractivity contribution in [1.29, 1.82) is 0 Å². The van der Waals surface area contributed by atoms with Crippen LogP contribution in [0.3, 0.4) is 0 Å². The first-order valence-electron chi connectivity index (χ1n) is 10.7. The van der Waals surface area contributed by atoms with Crippen LogP contribution in [0.5, 0.6) is 0 Å². The Hall–Kier alpha value is -3.15. The van der Waals surface area contributed by atoms with Gasteiger partial charge >= 0.3 is 12.0 Å². The molecule has 0 bridgehead atoms. The van der Waals surface area contributed by atoms with Gasteiger partial charge in [0.2, 0.25) is 10.0 Å². The Bertz CT molecular complexity index is 1120. The van der Waals surface area contributed by atoms with Crippen LogP contribution in [-0.2, 0) is 19.6 Å². The number of urea groups is 1. The zero-order valence-electron chi connectivity index (χ0n) is 18.2. The first kappa shape index (κ1) is 23.0. The number of carbonyl (C=O) groups is 2. The lowest BCUT2D eigenvalue weighted by molar-refractivity contribution is -0.139. The molecule has 1 saturated heterocycles. The standard InChI is InChI=1S/C22H26N4O6S/c1-2-31-21(27)19-17(23-22(28)24-20(19)18-9-6-14-32-18)15-25-10-12-26(13-11-25)33(29,30)16-7-4-3-5-8-16/h3-9,14,20H,2,10-13,15H2,1H3,(H2,23,24,28). The number of furan rings is 1. The van der Waals surface area contributed by atoms with E-state index in [1.807, 2.05) is 4.90 Å². The number of ether oxygens (including phenoxy) is 1. The Balaban J connectivity index is 1.52. The van der Waals surface area contributed by atoms with Crippen molar-refractivity contribution in [3.63, 3.8) is 0 Å². The molecule has 2 aromatic rings. The molecule has 1 aromatic carbocycles. The third-order valence-electron chi connectivity index (χ3n) is 5.57. The fraction of sp³-hybridized carbons (Fsp3) is 0.364. The molecule has 0 saturated carbocycles. The van der Waals surface area contributed by atoms with Gasteiger partial charge in [0.1, 0.15) is 11.8 Å². The second kappa shape index (κ2) is 9.77. The molecule has 3 heterocycles. The molecule has 2 N–H and O–H groups in total. The van der Waals surface area contributed by atoms with Gasteiger partial charge < -0.3 is 19.8 Å². The van der Waals surface area contributed by atoms with Crippen molar-refractivity contribution in [2.75, 3.05) is 39.3 Å². The molecule has 2 aliphatic rings. The number of carbonyl (C=O) groups excluding carboxylic acids is 2. The minimum Gasteiger partial charge on any atom is -0.467 e. The normalized spacial score (nSPS) is 20.3. The SMILES string of the molecule is CCOC(=O)C1=C(CN2CCN(S(=O)(=O)c3ccccc3)CC2)NC(=O)NC1c1ccco1. The zero-order valence-corrected chi connectivity index (χ0v) is 19.0. The van der Waals surface area contributed by atoms with Crippen molar-refractivity contribution >= 4 is 22.0 Å². The van der Waals surface area contributed by atoms with E-state index in [0.29, 0.717) is 37.6 Å². The van der Waals surface area contributed by atoms with E-state index in [-0.39, 0.29) is 23.6 Å². The fourth-order valence-electron chi connectivity index (χ4n) is 3.95. The number of rotatable bonds is 7. The third kappa shape index (κ3) is 4.95. The molecular weight excluding hydrogens is 448 g/mol. The lowest BCUT2D eigenvalue weighted by atomic mass is 9.99. The van der Waals surface area contributed by atoms with Crippen LogP contribution >= 0.6 is 0 Å². The summed E-state index contributed by atoms with van der Waals surface area (Å²) in [6.07, 6.45) is 1.47. The molecular formula is C22H26N4O6S. The van der Waals surface area contributed by atoms with Gasteiger partial charge in [0.25, 0.3) is 0 Å². The number of esters is 1. The highest BCUT2D eigenvalue weighted by molar-refractivity contribution is 7.89. The highest BCUT2D eigenvalue weighted by Gasteiger charge is 2.36. The number of benzene rings is 1. The molecule has 176 valence electrons. The summed E-state index contributed by atoms with van der Waals surface area (Å²) in [5, 5.41) is 5.44. The summed E-state index contributed by atoms with van der Waals surface area (Å²) < 4.78 is 37.9. The Kier molecular flexibility index (Phi) is 6.82. The van der Waals surface area contributed by atoms with Crippen molar-refractivity contribution in [3.8, 4) is 0 Å². The lowest BCUT2D eigenvalue weighted by Gasteiger charge is -2.36. The lowest BCUT2D eigenvalue weighted by Crippen LogP contribution is -2.52. The van der Waals surface area contributed by atoms with Gasteiger partial charge in [0.15, 0.2) is 0 Å². The molecule has 33 heavy (non-hydrogen) atoms. The van der Waals surface area contributed by atoms with E-state index < -0.39 is 28.1 Å². The van der Waals surface area contributed by atoms with Gasteiger partial charge in [0.05, 0.1) is 23.3 Å². The number of nitrogens with zero attached hydrogens (tertiary/aromatic N) is 2. The van der Waals surface area contributed by atoms with E-state index in [2.05, 4.69) is 10.6 Å². The number of sulfonamides is 1. The van der Waals surface area contributed by atoms with Crippen molar-refractivity contribution in [2.45, 2.75) is 17.9 Å². The second-order valence-corrected chi connectivity index (χ2v) is 9.59. The Labute approximate surface area is 192 Å². The Morgan fingerprint density at radius 2 is 1.85 bits per heavy atom. The maximum atomic E-state index is 12.9. The van der Waals surface area contributed by atoms with Gasteiger partial charge in [-0.25, -0.2) is 18.0 Å². The Morgan fingerprint density at radius 3 is 2.48 bits per heavy atom. The molecule has 1 atom stereocenters. The van der Waals surface area contributed by atoms with Crippen LogP contribution in [0, 0.1) is 0 Å². The quantitative estimate of drug-likeness (QED) is 0.583. The summed E-state index contributed by atoms with van der Waals surface area (Å²) in [4.78, 5) is 27.4. The molecule has 10 nitrogen and oxygen atoms in total. The van der Waals surface area contributed by atoms with Crippen molar-refractivity contribution in [1.82, 2.24) is 19.8 Å². The molecule has 1 unspecified atom stereocenters. The monoisotopic (exact) mass is 474 g/mol. The summed E-state index contributed by atoms with van der Waals surface area (Å²) in [6.45, 7) is 3.64. The van der Waals surface area contributed by atoms with Crippen molar-refractivity contribution in [3.05, 3.63) is 65.8 Å². The van der Waals surface area contributed by atoms with E-state index >= 15 is 0 Å². The molecule has 11 heteroatoms. The molecule has 4 rings (SSSR count). The van der Waals surface area contributed by atoms with Crippen LogP contribution in [0.1, 0.15) is 18.7 Å². The van der Waals surface area contributed by atoms with Crippen LogP contribution in [-0.4, -0.2) is 69.0 Å². The topological polar surface area (TPSA) is 121 Å². The van der Waals surface area contributed by atoms with Gasteiger partial charge in [-0.15, -0.1) is 0 Å².